The monoisotopic (exact) mass is 331 g/mol. The topological polar surface area (TPSA) is 47.9 Å². The Hall–Kier alpha value is -2.33. The number of oxime groups is 1. The third-order valence-electron chi connectivity index (χ3n) is 3.58. The molecule has 0 radical (unpaired) electrons. The van der Waals surface area contributed by atoms with Crippen molar-refractivity contribution in [3.05, 3.63) is 64.7 Å². The van der Waals surface area contributed by atoms with Gasteiger partial charge >= 0.3 is 0 Å². The molecule has 0 bridgehead atoms. The number of carbonyl (C=O) groups excluding carboxylic acids is 1. The van der Waals surface area contributed by atoms with Crippen LogP contribution in [-0.4, -0.2) is 18.1 Å². The van der Waals surface area contributed by atoms with E-state index in [0.717, 1.165) is 22.4 Å². The first kappa shape index (κ1) is 17.0. The molecule has 0 spiro atoms. The molecule has 0 unspecified atom stereocenters. The van der Waals surface area contributed by atoms with E-state index in [9.17, 15) is 4.79 Å². The van der Waals surface area contributed by atoms with Crippen LogP contribution in [-0.2, 0) is 16.2 Å². The van der Waals surface area contributed by atoms with Crippen LogP contribution in [0.15, 0.2) is 47.6 Å². The lowest BCUT2D eigenvalue weighted by Gasteiger charge is -2.13. The van der Waals surface area contributed by atoms with Crippen molar-refractivity contribution < 1.29 is 14.4 Å². The SMILES string of the molecule is CON=C(C(=O)Cl)c1ccccc1COc1cccc(C)c1C. The van der Waals surface area contributed by atoms with Crippen molar-refractivity contribution in [3.63, 3.8) is 0 Å². The van der Waals surface area contributed by atoms with Crippen LogP contribution in [0, 0.1) is 13.8 Å². The zero-order valence-electron chi connectivity index (χ0n) is 13.3. The molecule has 2 aromatic carbocycles. The molecule has 0 aromatic heterocycles. The van der Waals surface area contributed by atoms with Gasteiger partial charge in [0.1, 0.15) is 19.5 Å². The maximum absolute atomic E-state index is 11.6. The van der Waals surface area contributed by atoms with Gasteiger partial charge in [-0.1, -0.05) is 41.6 Å². The third-order valence-corrected chi connectivity index (χ3v) is 3.76. The molecule has 0 aliphatic heterocycles. The maximum atomic E-state index is 11.6. The number of nitrogens with zero attached hydrogens (tertiary/aromatic N) is 1. The number of benzene rings is 2. The lowest BCUT2D eigenvalue weighted by molar-refractivity contribution is -0.106. The van der Waals surface area contributed by atoms with Crippen LogP contribution in [0.2, 0.25) is 0 Å². The average Bonchev–Trinajstić information content (AvgIpc) is 2.54. The molecule has 5 heteroatoms. The molecule has 0 atom stereocenters. The summed E-state index contributed by atoms with van der Waals surface area (Å²) in [7, 11) is 1.37. The minimum atomic E-state index is -0.675. The summed E-state index contributed by atoms with van der Waals surface area (Å²) >= 11 is 5.60. The van der Waals surface area contributed by atoms with E-state index in [-0.39, 0.29) is 5.71 Å². The van der Waals surface area contributed by atoms with Crippen molar-refractivity contribution in [1.82, 2.24) is 0 Å². The summed E-state index contributed by atoms with van der Waals surface area (Å²) in [5, 5.41) is 3.05. The Bertz CT molecular complexity index is 741. The van der Waals surface area contributed by atoms with E-state index < -0.39 is 5.24 Å². The van der Waals surface area contributed by atoms with Crippen LogP contribution in [0.1, 0.15) is 22.3 Å². The van der Waals surface area contributed by atoms with Crippen LogP contribution in [0.25, 0.3) is 0 Å². The number of halogens is 1. The Morgan fingerprint density at radius 1 is 1.13 bits per heavy atom. The Labute approximate surface area is 140 Å². The van der Waals surface area contributed by atoms with Gasteiger partial charge in [-0.15, -0.1) is 0 Å². The van der Waals surface area contributed by atoms with E-state index >= 15 is 0 Å². The summed E-state index contributed by atoms with van der Waals surface area (Å²) in [5.74, 6) is 0.808. The highest BCUT2D eigenvalue weighted by Crippen LogP contribution is 2.22. The summed E-state index contributed by atoms with van der Waals surface area (Å²) in [5.41, 5.74) is 3.71. The smallest absolute Gasteiger partial charge is 0.274 e. The van der Waals surface area contributed by atoms with Gasteiger partial charge in [-0.2, -0.15) is 0 Å². The van der Waals surface area contributed by atoms with Gasteiger partial charge < -0.3 is 9.57 Å². The number of ether oxygens (including phenoxy) is 1. The number of aryl methyl sites for hydroxylation is 1. The lowest BCUT2D eigenvalue weighted by Crippen LogP contribution is -2.14. The third kappa shape index (κ3) is 4.11. The minimum absolute atomic E-state index is 0.0642. The zero-order valence-corrected chi connectivity index (χ0v) is 14.1. The predicted octanol–water partition coefficient (Wildman–Crippen LogP) is 4.00. The summed E-state index contributed by atoms with van der Waals surface area (Å²) < 4.78 is 5.90. The summed E-state index contributed by atoms with van der Waals surface area (Å²) in [6.07, 6.45) is 0. The molecule has 0 aliphatic rings. The lowest BCUT2D eigenvalue weighted by atomic mass is 10.0. The van der Waals surface area contributed by atoms with E-state index in [1.54, 1.807) is 6.07 Å². The van der Waals surface area contributed by atoms with Gasteiger partial charge in [-0.3, -0.25) is 4.79 Å². The molecular weight excluding hydrogens is 314 g/mol. The van der Waals surface area contributed by atoms with Crippen molar-refractivity contribution in [3.8, 4) is 5.75 Å². The minimum Gasteiger partial charge on any atom is -0.489 e. The average molecular weight is 332 g/mol. The largest absolute Gasteiger partial charge is 0.489 e. The maximum Gasteiger partial charge on any atom is 0.274 e. The van der Waals surface area contributed by atoms with Gasteiger partial charge in [0.25, 0.3) is 5.24 Å². The standard InChI is InChI=1S/C18H18ClNO3/c1-12-7-6-10-16(13(12)2)23-11-14-8-4-5-9-15(14)17(18(19)21)20-22-3/h4-10H,11H2,1-3H3. The van der Waals surface area contributed by atoms with Gasteiger partial charge in [-0.05, 0) is 48.2 Å². The second kappa shape index (κ2) is 7.79. The summed E-state index contributed by atoms with van der Waals surface area (Å²) in [6, 6.07) is 13.2. The fourth-order valence-corrected chi connectivity index (χ4v) is 2.33. The number of rotatable bonds is 6. The normalized spacial score (nSPS) is 11.2. The highest BCUT2D eigenvalue weighted by molar-refractivity contribution is 6.84. The van der Waals surface area contributed by atoms with Crippen molar-refractivity contribution in [2.24, 2.45) is 5.16 Å². The van der Waals surface area contributed by atoms with Gasteiger partial charge in [0.15, 0.2) is 5.71 Å². The molecule has 120 valence electrons. The second-order valence-electron chi connectivity index (χ2n) is 5.04. The van der Waals surface area contributed by atoms with E-state index in [1.165, 1.54) is 7.11 Å². The number of carbonyl (C=O) groups is 1. The zero-order chi connectivity index (χ0) is 16.8. The Morgan fingerprint density at radius 2 is 1.87 bits per heavy atom. The highest BCUT2D eigenvalue weighted by Gasteiger charge is 2.16. The van der Waals surface area contributed by atoms with Gasteiger partial charge in [0, 0.05) is 5.56 Å². The molecule has 0 aliphatic carbocycles. The molecule has 4 nitrogen and oxygen atoms in total. The molecule has 0 amide bonds. The molecule has 2 aromatic rings. The van der Waals surface area contributed by atoms with Gasteiger partial charge in [0.05, 0.1) is 0 Å². The highest BCUT2D eigenvalue weighted by atomic mass is 35.5. The molecule has 0 heterocycles. The van der Waals surface area contributed by atoms with Crippen molar-refractivity contribution in [1.29, 1.82) is 0 Å². The molecule has 0 saturated heterocycles. The van der Waals surface area contributed by atoms with E-state index in [4.69, 9.17) is 21.2 Å². The van der Waals surface area contributed by atoms with Gasteiger partial charge in [-0.25, -0.2) is 0 Å². The number of hydrogen-bond donors (Lipinski definition) is 0. The van der Waals surface area contributed by atoms with Crippen LogP contribution in [0.3, 0.4) is 0 Å². The molecule has 0 fully saturated rings. The van der Waals surface area contributed by atoms with Crippen LogP contribution < -0.4 is 4.74 Å². The van der Waals surface area contributed by atoms with Crippen LogP contribution in [0.5, 0.6) is 5.75 Å². The molecule has 0 saturated carbocycles. The summed E-state index contributed by atoms with van der Waals surface area (Å²) in [6.45, 7) is 4.34. The predicted molar refractivity (Wildman–Crippen MR) is 91.1 cm³/mol. The first-order valence-electron chi connectivity index (χ1n) is 7.13. The van der Waals surface area contributed by atoms with Crippen molar-refractivity contribution in [2.45, 2.75) is 20.5 Å². The number of hydrogen-bond acceptors (Lipinski definition) is 4. The quantitative estimate of drug-likeness (QED) is 0.456. The summed E-state index contributed by atoms with van der Waals surface area (Å²) in [4.78, 5) is 16.3. The van der Waals surface area contributed by atoms with Crippen LogP contribution in [0.4, 0.5) is 0 Å². The van der Waals surface area contributed by atoms with E-state index in [2.05, 4.69) is 5.16 Å². The fraction of sp³-hybridized carbons (Fsp3) is 0.222. The molecule has 0 N–H and O–H groups in total. The second-order valence-corrected chi connectivity index (χ2v) is 5.38. The van der Waals surface area contributed by atoms with Crippen molar-refractivity contribution >= 4 is 22.6 Å². The Balaban J connectivity index is 2.29. The molecule has 2 rings (SSSR count). The first-order chi connectivity index (χ1) is 11.0. The van der Waals surface area contributed by atoms with Crippen molar-refractivity contribution in [2.75, 3.05) is 7.11 Å². The van der Waals surface area contributed by atoms with Crippen LogP contribution >= 0.6 is 11.6 Å². The fourth-order valence-electron chi connectivity index (χ4n) is 2.20. The Morgan fingerprint density at radius 3 is 2.57 bits per heavy atom. The Kier molecular flexibility index (Phi) is 5.77. The molecular formula is C18H18ClNO3. The van der Waals surface area contributed by atoms with Gasteiger partial charge in [0.2, 0.25) is 0 Å². The van der Waals surface area contributed by atoms with E-state index in [1.807, 2.05) is 50.2 Å². The first-order valence-corrected chi connectivity index (χ1v) is 7.50. The van der Waals surface area contributed by atoms with E-state index in [0.29, 0.717) is 12.2 Å². The molecule has 23 heavy (non-hydrogen) atoms.